The Hall–Kier alpha value is -2.62. The van der Waals surface area contributed by atoms with Gasteiger partial charge in [-0.1, -0.05) is 29.8 Å². The average molecular weight is 382 g/mol. The SMILES string of the molecule is Cc1cc(C)c(C)c(C2=Cc3cc(CCC(F)(F)F)cc4cc[n+](C)c2c34)c1. The Balaban J connectivity index is 1.89. The maximum atomic E-state index is 12.7. The summed E-state index contributed by atoms with van der Waals surface area (Å²) >= 11 is 0. The van der Waals surface area contributed by atoms with Gasteiger partial charge in [-0.15, -0.1) is 0 Å². The molecule has 0 aliphatic heterocycles. The van der Waals surface area contributed by atoms with Crippen molar-refractivity contribution in [3.05, 3.63) is 75.6 Å². The van der Waals surface area contributed by atoms with E-state index in [4.69, 9.17) is 0 Å². The van der Waals surface area contributed by atoms with Gasteiger partial charge in [-0.05, 0) is 66.5 Å². The minimum Gasteiger partial charge on any atom is -0.200 e. The largest absolute Gasteiger partial charge is 0.389 e. The van der Waals surface area contributed by atoms with Crippen molar-refractivity contribution in [3.63, 3.8) is 0 Å². The summed E-state index contributed by atoms with van der Waals surface area (Å²) in [6.45, 7) is 6.33. The number of aromatic nitrogens is 1. The summed E-state index contributed by atoms with van der Waals surface area (Å²) in [5.74, 6) is 0. The van der Waals surface area contributed by atoms with Crippen molar-refractivity contribution in [2.24, 2.45) is 7.05 Å². The number of pyridine rings is 1. The molecule has 1 aliphatic rings. The third-order valence-corrected chi connectivity index (χ3v) is 5.68. The number of rotatable bonds is 3. The first-order valence-corrected chi connectivity index (χ1v) is 9.46. The molecule has 0 unspecified atom stereocenters. The van der Waals surface area contributed by atoms with Gasteiger partial charge in [0.25, 0.3) is 0 Å². The third-order valence-electron chi connectivity index (χ3n) is 5.68. The van der Waals surface area contributed by atoms with Crippen LogP contribution in [0.1, 0.15) is 45.5 Å². The second-order valence-electron chi connectivity index (χ2n) is 7.85. The third kappa shape index (κ3) is 3.21. The highest BCUT2D eigenvalue weighted by Crippen LogP contribution is 2.40. The van der Waals surface area contributed by atoms with Crippen LogP contribution in [0.2, 0.25) is 0 Å². The highest BCUT2D eigenvalue weighted by atomic mass is 19.4. The summed E-state index contributed by atoms with van der Waals surface area (Å²) in [6.07, 6.45) is -0.796. The van der Waals surface area contributed by atoms with Crippen LogP contribution in [0.25, 0.3) is 22.4 Å². The molecule has 0 N–H and O–H groups in total. The van der Waals surface area contributed by atoms with Gasteiger partial charge in [-0.2, -0.15) is 13.2 Å². The second kappa shape index (κ2) is 6.47. The Morgan fingerprint density at radius 1 is 1.00 bits per heavy atom. The van der Waals surface area contributed by atoms with Crippen LogP contribution in [-0.4, -0.2) is 6.18 Å². The molecule has 0 fully saturated rings. The predicted molar refractivity (Wildman–Crippen MR) is 107 cm³/mol. The minimum absolute atomic E-state index is 0.00848. The summed E-state index contributed by atoms with van der Waals surface area (Å²) in [5.41, 5.74) is 8.88. The first-order valence-electron chi connectivity index (χ1n) is 9.46. The Morgan fingerprint density at radius 2 is 1.75 bits per heavy atom. The van der Waals surface area contributed by atoms with E-state index in [0.717, 1.165) is 33.2 Å². The normalized spacial score (nSPS) is 13.3. The lowest BCUT2D eigenvalue weighted by Crippen LogP contribution is -2.32. The van der Waals surface area contributed by atoms with E-state index in [1.54, 1.807) is 0 Å². The Bertz CT molecular complexity index is 1140. The molecule has 1 aromatic heterocycles. The fraction of sp³-hybridized carbons (Fsp3) is 0.292. The molecule has 4 rings (SSSR count). The first kappa shape index (κ1) is 18.7. The molecule has 1 heterocycles. The Morgan fingerprint density at radius 3 is 2.46 bits per heavy atom. The van der Waals surface area contributed by atoms with Crippen molar-refractivity contribution < 1.29 is 17.7 Å². The lowest BCUT2D eigenvalue weighted by molar-refractivity contribution is -0.672. The van der Waals surface area contributed by atoms with Crippen LogP contribution in [-0.2, 0) is 13.5 Å². The maximum Gasteiger partial charge on any atom is 0.389 e. The van der Waals surface area contributed by atoms with E-state index in [0.29, 0.717) is 0 Å². The quantitative estimate of drug-likeness (QED) is 0.383. The van der Waals surface area contributed by atoms with E-state index in [-0.39, 0.29) is 6.42 Å². The molecule has 0 amide bonds. The number of benzene rings is 2. The molecule has 0 spiro atoms. The fourth-order valence-electron chi connectivity index (χ4n) is 4.22. The van der Waals surface area contributed by atoms with Crippen LogP contribution in [0.15, 0.2) is 36.5 Å². The van der Waals surface area contributed by atoms with E-state index in [1.165, 1.54) is 22.3 Å². The molecule has 1 aliphatic carbocycles. The van der Waals surface area contributed by atoms with Crippen LogP contribution in [0.5, 0.6) is 0 Å². The van der Waals surface area contributed by atoms with E-state index in [9.17, 15) is 13.2 Å². The lowest BCUT2D eigenvalue weighted by Gasteiger charge is -2.12. The van der Waals surface area contributed by atoms with Crippen molar-refractivity contribution in [2.75, 3.05) is 0 Å². The highest BCUT2D eigenvalue weighted by Gasteiger charge is 2.30. The predicted octanol–water partition coefficient (Wildman–Crippen LogP) is 5.99. The number of nitrogens with zero attached hydrogens (tertiary/aromatic N) is 1. The van der Waals surface area contributed by atoms with Gasteiger partial charge in [0.15, 0.2) is 6.20 Å². The number of aryl methyl sites for hydroxylation is 4. The van der Waals surface area contributed by atoms with Gasteiger partial charge in [0.05, 0.1) is 11.0 Å². The molecule has 0 radical (unpaired) electrons. The molecule has 4 heteroatoms. The molecule has 144 valence electrons. The standard InChI is InChI=1S/C24H23F3N/c1-14-9-15(2)16(3)20(10-14)21-13-19-12-17(5-7-24(25,26)27)11-18-6-8-28(4)23(21)22(18)19/h6,8-13H,5,7H2,1-4H3/q+1. The topological polar surface area (TPSA) is 3.88 Å². The summed E-state index contributed by atoms with van der Waals surface area (Å²) < 4.78 is 40.2. The summed E-state index contributed by atoms with van der Waals surface area (Å²) in [4.78, 5) is 0. The zero-order valence-electron chi connectivity index (χ0n) is 16.5. The number of hydrogen-bond donors (Lipinski definition) is 0. The van der Waals surface area contributed by atoms with E-state index in [2.05, 4.69) is 43.5 Å². The number of halogens is 3. The molecular formula is C24H23F3N+. The molecule has 28 heavy (non-hydrogen) atoms. The summed E-state index contributed by atoms with van der Waals surface area (Å²) in [6, 6.07) is 10.2. The van der Waals surface area contributed by atoms with Crippen molar-refractivity contribution in [1.29, 1.82) is 0 Å². The van der Waals surface area contributed by atoms with Crippen LogP contribution < -0.4 is 4.57 Å². The molecule has 1 nitrogen and oxygen atoms in total. The van der Waals surface area contributed by atoms with E-state index >= 15 is 0 Å². The van der Waals surface area contributed by atoms with Crippen LogP contribution in [0, 0.1) is 20.8 Å². The van der Waals surface area contributed by atoms with Gasteiger partial charge in [0.2, 0.25) is 5.69 Å². The van der Waals surface area contributed by atoms with E-state index in [1.807, 2.05) is 31.4 Å². The molecule has 0 saturated carbocycles. The van der Waals surface area contributed by atoms with Crippen molar-refractivity contribution in [3.8, 4) is 0 Å². The van der Waals surface area contributed by atoms with Gasteiger partial charge < -0.3 is 0 Å². The van der Waals surface area contributed by atoms with Gasteiger partial charge >= 0.3 is 6.18 Å². The summed E-state index contributed by atoms with van der Waals surface area (Å²) in [7, 11) is 2.02. The lowest BCUT2D eigenvalue weighted by atomic mass is 9.93. The molecule has 2 aromatic carbocycles. The molecular weight excluding hydrogens is 359 g/mol. The Kier molecular flexibility index (Phi) is 4.33. The van der Waals surface area contributed by atoms with Crippen molar-refractivity contribution >= 4 is 22.4 Å². The Labute approximate surface area is 163 Å². The van der Waals surface area contributed by atoms with Crippen LogP contribution in [0.4, 0.5) is 13.2 Å². The molecule has 0 saturated heterocycles. The van der Waals surface area contributed by atoms with Crippen molar-refractivity contribution in [2.45, 2.75) is 39.8 Å². The zero-order valence-corrected chi connectivity index (χ0v) is 16.5. The van der Waals surface area contributed by atoms with Gasteiger partial charge in [-0.25, -0.2) is 4.57 Å². The maximum absolute atomic E-state index is 12.7. The smallest absolute Gasteiger partial charge is 0.200 e. The fourth-order valence-corrected chi connectivity index (χ4v) is 4.22. The number of alkyl halides is 3. The van der Waals surface area contributed by atoms with Gasteiger partial charge in [0, 0.05) is 12.5 Å². The van der Waals surface area contributed by atoms with E-state index < -0.39 is 12.6 Å². The second-order valence-corrected chi connectivity index (χ2v) is 7.85. The van der Waals surface area contributed by atoms with Crippen LogP contribution in [0.3, 0.4) is 0 Å². The van der Waals surface area contributed by atoms with Crippen molar-refractivity contribution in [1.82, 2.24) is 0 Å². The first-order chi connectivity index (χ1) is 13.1. The molecule has 3 aromatic rings. The molecule has 0 bridgehead atoms. The monoisotopic (exact) mass is 382 g/mol. The summed E-state index contributed by atoms with van der Waals surface area (Å²) in [5, 5.41) is 2.12. The minimum atomic E-state index is -4.14. The van der Waals surface area contributed by atoms with Crippen LogP contribution >= 0.6 is 0 Å². The molecule has 0 atom stereocenters. The number of hydrogen-bond acceptors (Lipinski definition) is 0. The highest BCUT2D eigenvalue weighted by molar-refractivity contribution is 6.11. The van der Waals surface area contributed by atoms with Gasteiger partial charge in [-0.3, -0.25) is 0 Å². The van der Waals surface area contributed by atoms with Gasteiger partial charge in [0.1, 0.15) is 7.05 Å². The average Bonchev–Trinajstić information content (AvgIpc) is 2.99. The zero-order chi connectivity index (χ0) is 20.2.